The molecule has 0 fully saturated rings. The summed E-state index contributed by atoms with van der Waals surface area (Å²) in [5.74, 6) is 1.04. The molecule has 0 radical (unpaired) electrons. The topological polar surface area (TPSA) is 0 Å². The van der Waals surface area contributed by atoms with Gasteiger partial charge in [-0.1, -0.05) is 181 Å². The second-order valence-corrected chi connectivity index (χ2v) is 9.95. The molecule has 0 nitrogen and oxygen atoms in total. The monoisotopic (exact) mass is 408 g/mol. The van der Waals surface area contributed by atoms with Gasteiger partial charge in [0.1, 0.15) is 0 Å². The summed E-state index contributed by atoms with van der Waals surface area (Å²) in [5.41, 5.74) is 0. The van der Waals surface area contributed by atoms with E-state index in [0.29, 0.717) is 0 Å². The standard InChI is InChI=1S/C29H60/c1-4-7-10-13-15-17-18-20-22-25-28-29(26-23-12-9-6-3)27-24-21-19-16-14-11-8-5-2/h29H,4-28H2,1-3H3. The molecule has 0 aliphatic carbocycles. The fourth-order valence-electron chi connectivity index (χ4n) is 4.78. The summed E-state index contributed by atoms with van der Waals surface area (Å²) in [6.45, 7) is 6.96. The van der Waals surface area contributed by atoms with Gasteiger partial charge in [-0.25, -0.2) is 0 Å². The molecule has 0 rings (SSSR count). The predicted octanol–water partition coefficient (Wildman–Crippen LogP) is 11.4. The van der Waals surface area contributed by atoms with Gasteiger partial charge in [0.2, 0.25) is 0 Å². The van der Waals surface area contributed by atoms with Crippen molar-refractivity contribution in [2.75, 3.05) is 0 Å². The van der Waals surface area contributed by atoms with Gasteiger partial charge < -0.3 is 0 Å². The smallest absolute Gasteiger partial charge is 0.0414 e. The van der Waals surface area contributed by atoms with Crippen LogP contribution in [0.2, 0.25) is 0 Å². The third-order valence-corrected chi connectivity index (χ3v) is 6.90. The van der Waals surface area contributed by atoms with E-state index < -0.39 is 0 Å². The van der Waals surface area contributed by atoms with Crippen LogP contribution < -0.4 is 0 Å². The van der Waals surface area contributed by atoms with Crippen molar-refractivity contribution in [1.82, 2.24) is 0 Å². The molecule has 1 unspecified atom stereocenters. The molecule has 0 saturated heterocycles. The van der Waals surface area contributed by atoms with Crippen molar-refractivity contribution in [2.45, 2.75) is 181 Å². The van der Waals surface area contributed by atoms with E-state index in [1.165, 1.54) is 161 Å². The molecule has 0 aliphatic rings. The third-order valence-electron chi connectivity index (χ3n) is 6.90. The quantitative estimate of drug-likeness (QED) is 0.132. The minimum Gasteiger partial charge on any atom is -0.0654 e. The number of hydrogen-bond donors (Lipinski definition) is 0. The second kappa shape index (κ2) is 26.0. The summed E-state index contributed by atoms with van der Waals surface area (Å²) >= 11 is 0. The lowest BCUT2D eigenvalue weighted by Crippen LogP contribution is -2.01. The number of unbranched alkanes of at least 4 members (excludes halogenated alkanes) is 19. The van der Waals surface area contributed by atoms with Gasteiger partial charge >= 0.3 is 0 Å². The lowest BCUT2D eigenvalue weighted by atomic mass is 9.89. The van der Waals surface area contributed by atoms with Crippen LogP contribution in [0.15, 0.2) is 0 Å². The van der Waals surface area contributed by atoms with E-state index in [9.17, 15) is 0 Å². The Labute approximate surface area is 187 Å². The predicted molar refractivity (Wildman–Crippen MR) is 136 cm³/mol. The molecule has 0 heterocycles. The van der Waals surface area contributed by atoms with E-state index in [0.717, 1.165) is 5.92 Å². The maximum Gasteiger partial charge on any atom is -0.0414 e. The van der Waals surface area contributed by atoms with Crippen molar-refractivity contribution >= 4 is 0 Å². The Morgan fingerprint density at radius 3 is 0.759 bits per heavy atom. The molecular weight excluding hydrogens is 348 g/mol. The average Bonchev–Trinajstić information content (AvgIpc) is 2.73. The van der Waals surface area contributed by atoms with Gasteiger partial charge in [-0.05, 0) is 5.92 Å². The summed E-state index contributed by atoms with van der Waals surface area (Å²) in [6.07, 6.45) is 36.8. The summed E-state index contributed by atoms with van der Waals surface area (Å²) in [4.78, 5) is 0. The van der Waals surface area contributed by atoms with Crippen LogP contribution in [0.4, 0.5) is 0 Å². The van der Waals surface area contributed by atoms with Gasteiger partial charge in [0, 0.05) is 0 Å². The zero-order chi connectivity index (χ0) is 21.3. The zero-order valence-corrected chi connectivity index (χ0v) is 21.3. The van der Waals surface area contributed by atoms with Gasteiger partial charge in [-0.2, -0.15) is 0 Å². The van der Waals surface area contributed by atoms with Crippen LogP contribution in [0, 0.1) is 5.92 Å². The SMILES string of the molecule is CCCCCCCCCCCCC(CCCCCC)CCCCCCCCCC. The molecule has 29 heavy (non-hydrogen) atoms. The van der Waals surface area contributed by atoms with Gasteiger partial charge in [0.15, 0.2) is 0 Å². The van der Waals surface area contributed by atoms with E-state index in [4.69, 9.17) is 0 Å². The van der Waals surface area contributed by atoms with Gasteiger partial charge in [0.05, 0.1) is 0 Å². The zero-order valence-electron chi connectivity index (χ0n) is 21.3. The van der Waals surface area contributed by atoms with E-state index >= 15 is 0 Å². The fraction of sp³-hybridized carbons (Fsp3) is 1.00. The van der Waals surface area contributed by atoms with Gasteiger partial charge in [-0.15, -0.1) is 0 Å². The van der Waals surface area contributed by atoms with Crippen molar-refractivity contribution in [3.05, 3.63) is 0 Å². The molecule has 0 spiro atoms. The lowest BCUT2D eigenvalue weighted by molar-refractivity contribution is 0.366. The molecule has 0 bridgehead atoms. The Morgan fingerprint density at radius 1 is 0.276 bits per heavy atom. The lowest BCUT2D eigenvalue weighted by Gasteiger charge is -2.17. The second-order valence-electron chi connectivity index (χ2n) is 9.95. The highest BCUT2D eigenvalue weighted by molar-refractivity contribution is 4.62. The Bertz CT molecular complexity index is 269. The van der Waals surface area contributed by atoms with E-state index in [-0.39, 0.29) is 0 Å². The Morgan fingerprint density at radius 2 is 0.483 bits per heavy atom. The Kier molecular flexibility index (Phi) is 26.0. The molecular formula is C29H60. The molecule has 0 amide bonds. The Balaban J connectivity index is 3.68. The van der Waals surface area contributed by atoms with Gasteiger partial charge in [-0.3, -0.25) is 0 Å². The summed E-state index contributed by atoms with van der Waals surface area (Å²) < 4.78 is 0. The first-order valence-electron chi connectivity index (χ1n) is 14.3. The molecule has 1 atom stereocenters. The van der Waals surface area contributed by atoms with Crippen LogP contribution in [0.25, 0.3) is 0 Å². The van der Waals surface area contributed by atoms with Crippen LogP contribution in [-0.2, 0) is 0 Å². The molecule has 0 aromatic rings. The molecule has 0 aromatic heterocycles. The highest BCUT2D eigenvalue weighted by atomic mass is 14.1. The first-order valence-corrected chi connectivity index (χ1v) is 14.3. The van der Waals surface area contributed by atoms with Crippen molar-refractivity contribution in [2.24, 2.45) is 5.92 Å². The maximum atomic E-state index is 2.34. The number of rotatable bonds is 25. The molecule has 0 N–H and O–H groups in total. The minimum absolute atomic E-state index is 1.04. The molecule has 176 valence electrons. The van der Waals surface area contributed by atoms with Crippen molar-refractivity contribution < 1.29 is 0 Å². The summed E-state index contributed by atoms with van der Waals surface area (Å²) in [7, 11) is 0. The van der Waals surface area contributed by atoms with Crippen molar-refractivity contribution in [3.8, 4) is 0 Å². The molecule has 0 heteroatoms. The van der Waals surface area contributed by atoms with Crippen LogP contribution in [0.5, 0.6) is 0 Å². The molecule has 0 aromatic carbocycles. The van der Waals surface area contributed by atoms with Crippen LogP contribution in [0.1, 0.15) is 181 Å². The highest BCUT2D eigenvalue weighted by Crippen LogP contribution is 2.24. The van der Waals surface area contributed by atoms with Crippen molar-refractivity contribution in [3.63, 3.8) is 0 Å². The van der Waals surface area contributed by atoms with Crippen molar-refractivity contribution in [1.29, 1.82) is 0 Å². The molecule has 0 aliphatic heterocycles. The minimum atomic E-state index is 1.04. The largest absolute Gasteiger partial charge is 0.0654 e. The fourth-order valence-corrected chi connectivity index (χ4v) is 4.78. The maximum absolute atomic E-state index is 2.34. The molecule has 0 saturated carbocycles. The number of hydrogen-bond acceptors (Lipinski definition) is 0. The highest BCUT2D eigenvalue weighted by Gasteiger charge is 2.08. The first kappa shape index (κ1) is 29.0. The normalized spacial score (nSPS) is 12.5. The van der Waals surface area contributed by atoms with E-state index in [1.54, 1.807) is 0 Å². The Hall–Kier alpha value is 0. The summed E-state index contributed by atoms with van der Waals surface area (Å²) in [6, 6.07) is 0. The van der Waals surface area contributed by atoms with Crippen LogP contribution >= 0.6 is 0 Å². The third kappa shape index (κ3) is 24.1. The van der Waals surface area contributed by atoms with Crippen LogP contribution in [-0.4, -0.2) is 0 Å². The van der Waals surface area contributed by atoms with Gasteiger partial charge in [0.25, 0.3) is 0 Å². The van der Waals surface area contributed by atoms with E-state index in [1.807, 2.05) is 0 Å². The average molecular weight is 409 g/mol. The van der Waals surface area contributed by atoms with E-state index in [2.05, 4.69) is 20.8 Å². The summed E-state index contributed by atoms with van der Waals surface area (Å²) in [5, 5.41) is 0. The van der Waals surface area contributed by atoms with Crippen LogP contribution in [0.3, 0.4) is 0 Å². The first-order chi connectivity index (χ1) is 14.3.